The molecule has 56 heavy (non-hydrogen) atoms. The van der Waals surface area contributed by atoms with E-state index in [9.17, 15) is 27.6 Å². The number of fused-ring (bicyclic) bond motifs is 2. The Morgan fingerprint density at radius 3 is 2.23 bits per heavy atom. The van der Waals surface area contributed by atoms with Crippen LogP contribution in [0.3, 0.4) is 0 Å². The van der Waals surface area contributed by atoms with Crippen LogP contribution in [0.4, 0.5) is 0 Å². The SMILES string of the molecule is CCCCN(CCCC)C(=O)c1nn(-c2ccc(C(=O)NS(=O)(=O)c3ccc4ccccc4c3)cc2C(=O)N2Cc3ccccc3CC2C(=O)OC)c(C)c1Cl. The summed E-state index contributed by atoms with van der Waals surface area (Å²) in [6.45, 7) is 6.85. The number of aromatic nitrogens is 2. The van der Waals surface area contributed by atoms with Crippen molar-refractivity contribution in [1.82, 2.24) is 24.3 Å². The minimum Gasteiger partial charge on any atom is -0.467 e. The Bertz CT molecular complexity index is 2420. The summed E-state index contributed by atoms with van der Waals surface area (Å²) in [5, 5.41) is 6.25. The van der Waals surface area contributed by atoms with Gasteiger partial charge in [-0.1, -0.05) is 92.9 Å². The van der Waals surface area contributed by atoms with Crippen molar-refractivity contribution in [3.8, 4) is 5.69 Å². The average molecular weight is 798 g/mol. The van der Waals surface area contributed by atoms with Crippen molar-refractivity contribution >= 4 is 56.1 Å². The lowest BCUT2D eigenvalue weighted by Gasteiger charge is -2.35. The number of carbonyl (C=O) groups is 4. The molecule has 1 N–H and O–H groups in total. The Hall–Kier alpha value is -5.53. The van der Waals surface area contributed by atoms with E-state index in [1.165, 1.54) is 47.0 Å². The van der Waals surface area contributed by atoms with Crippen LogP contribution in [0.15, 0.2) is 89.8 Å². The normalized spacial score (nSPS) is 13.9. The topological polar surface area (TPSA) is 148 Å². The lowest BCUT2D eigenvalue weighted by atomic mass is 9.93. The molecule has 0 fully saturated rings. The summed E-state index contributed by atoms with van der Waals surface area (Å²) in [4.78, 5) is 58.7. The van der Waals surface area contributed by atoms with Crippen molar-refractivity contribution in [2.75, 3.05) is 20.2 Å². The van der Waals surface area contributed by atoms with Gasteiger partial charge in [-0.3, -0.25) is 14.4 Å². The molecule has 1 aromatic heterocycles. The number of ether oxygens (including phenoxy) is 1. The fourth-order valence-corrected chi connectivity index (χ4v) is 8.07. The lowest BCUT2D eigenvalue weighted by Crippen LogP contribution is -2.49. The van der Waals surface area contributed by atoms with Gasteiger partial charge in [0.2, 0.25) is 0 Å². The van der Waals surface area contributed by atoms with E-state index < -0.39 is 33.8 Å². The molecule has 0 aliphatic carbocycles. The van der Waals surface area contributed by atoms with E-state index >= 15 is 0 Å². The average Bonchev–Trinajstić information content (AvgIpc) is 3.51. The van der Waals surface area contributed by atoms with E-state index in [4.69, 9.17) is 16.3 Å². The Morgan fingerprint density at radius 1 is 0.893 bits per heavy atom. The van der Waals surface area contributed by atoms with E-state index in [1.807, 2.05) is 50.2 Å². The number of nitrogens with zero attached hydrogens (tertiary/aromatic N) is 4. The molecule has 12 nitrogen and oxygen atoms in total. The second-order valence-corrected chi connectivity index (χ2v) is 15.8. The maximum Gasteiger partial charge on any atom is 0.328 e. The van der Waals surface area contributed by atoms with Crippen LogP contribution in [0.25, 0.3) is 16.5 Å². The van der Waals surface area contributed by atoms with Gasteiger partial charge in [-0.15, -0.1) is 0 Å². The van der Waals surface area contributed by atoms with Crippen LogP contribution in [-0.2, 0) is 32.5 Å². The van der Waals surface area contributed by atoms with Gasteiger partial charge in [-0.05, 0) is 72.0 Å². The van der Waals surface area contributed by atoms with Gasteiger partial charge < -0.3 is 14.5 Å². The number of carbonyl (C=O) groups excluding carboxylic acids is 4. The summed E-state index contributed by atoms with van der Waals surface area (Å²) in [6.07, 6.45) is 3.56. The second kappa shape index (κ2) is 17.1. The highest BCUT2D eigenvalue weighted by Crippen LogP contribution is 2.31. The van der Waals surface area contributed by atoms with Crippen LogP contribution < -0.4 is 4.72 Å². The third-order valence-corrected chi connectivity index (χ3v) is 11.8. The molecule has 1 unspecified atom stereocenters. The fourth-order valence-electron chi connectivity index (χ4n) is 6.86. The maximum absolute atomic E-state index is 14.8. The number of nitrogens with one attached hydrogen (secondary N) is 1. The zero-order valence-electron chi connectivity index (χ0n) is 31.7. The van der Waals surface area contributed by atoms with Crippen LogP contribution in [0, 0.1) is 6.92 Å². The number of rotatable bonds is 13. The largest absolute Gasteiger partial charge is 0.467 e. The number of benzene rings is 4. The standard InChI is InChI=1S/C42H44ClN5O7S/c1-5-7-21-46(22-8-6-2)41(51)38-37(43)27(3)48(44-38)35-20-18-31(39(49)45-56(53,54)33-19-17-28-13-9-10-14-29(28)23-33)24-34(35)40(50)47-26-32-16-12-11-15-30(32)25-36(47)42(52)55-4/h9-20,23-24,36H,5-8,21-22,25-26H2,1-4H3,(H,45,49). The van der Waals surface area contributed by atoms with Crippen LogP contribution in [0.5, 0.6) is 0 Å². The molecule has 1 aliphatic heterocycles. The molecule has 1 atom stereocenters. The summed E-state index contributed by atoms with van der Waals surface area (Å²) >= 11 is 6.82. The molecule has 0 radical (unpaired) electrons. The Labute approximate surface area is 331 Å². The summed E-state index contributed by atoms with van der Waals surface area (Å²) in [7, 11) is -3.10. The van der Waals surface area contributed by atoms with Crippen molar-refractivity contribution in [2.45, 2.75) is 70.4 Å². The number of hydrogen-bond donors (Lipinski definition) is 1. The van der Waals surface area contributed by atoms with Gasteiger partial charge in [0.1, 0.15) is 6.04 Å². The van der Waals surface area contributed by atoms with Gasteiger partial charge in [0.15, 0.2) is 5.69 Å². The third kappa shape index (κ3) is 8.19. The van der Waals surface area contributed by atoms with Crippen molar-refractivity contribution in [3.05, 3.63) is 124 Å². The van der Waals surface area contributed by atoms with Crippen molar-refractivity contribution in [3.63, 3.8) is 0 Å². The summed E-state index contributed by atoms with van der Waals surface area (Å²) in [5.41, 5.74) is 2.02. The molecular formula is C42H44ClN5O7S. The Kier molecular flexibility index (Phi) is 12.2. The number of unbranched alkanes of at least 4 members (excludes halogenated alkanes) is 2. The first-order valence-electron chi connectivity index (χ1n) is 18.6. The number of halogens is 1. The lowest BCUT2D eigenvalue weighted by molar-refractivity contribution is -0.146. The van der Waals surface area contributed by atoms with E-state index in [1.54, 1.807) is 30.0 Å². The zero-order chi connectivity index (χ0) is 40.1. The summed E-state index contributed by atoms with van der Waals surface area (Å²) < 4.78 is 35.6. The molecular weight excluding hydrogens is 754 g/mol. The minimum atomic E-state index is -4.35. The summed E-state index contributed by atoms with van der Waals surface area (Å²) in [5.74, 6) is -2.61. The predicted octanol–water partition coefficient (Wildman–Crippen LogP) is 6.89. The molecule has 1 aliphatic rings. The van der Waals surface area contributed by atoms with E-state index in [0.29, 0.717) is 24.2 Å². The number of amides is 3. The first kappa shape index (κ1) is 40.1. The number of hydrogen-bond acceptors (Lipinski definition) is 8. The Balaban J connectivity index is 1.44. The predicted molar refractivity (Wildman–Crippen MR) is 213 cm³/mol. The molecule has 0 bridgehead atoms. The van der Waals surface area contributed by atoms with Crippen LogP contribution in [0.1, 0.15) is 87.6 Å². The minimum absolute atomic E-state index is 0.0115. The molecule has 0 saturated carbocycles. The molecule has 5 aromatic rings. The number of esters is 1. The highest BCUT2D eigenvalue weighted by Gasteiger charge is 2.37. The van der Waals surface area contributed by atoms with Gasteiger partial charge in [0.05, 0.1) is 34.0 Å². The second-order valence-electron chi connectivity index (χ2n) is 13.8. The summed E-state index contributed by atoms with van der Waals surface area (Å²) in [6, 6.07) is 22.3. The quantitative estimate of drug-likeness (QED) is 0.127. The molecule has 14 heteroatoms. The van der Waals surface area contributed by atoms with E-state index in [0.717, 1.165) is 42.2 Å². The van der Waals surface area contributed by atoms with Gasteiger partial charge in [-0.2, -0.15) is 5.10 Å². The number of sulfonamides is 1. The van der Waals surface area contributed by atoms with Crippen molar-refractivity contribution in [1.29, 1.82) is 0 Å². The van der Waals surface area contributed by atoms with E-state index in [2.05, 4.69) is 9.82 Å². The molecule has 2 heterocycles. The van der Waals surface area contributed by atoms with Gasteiger partial charge in [-0.25, -0.2) is 22.6 Å². The fraction of sp³-hybridized carbons (Fsp3) is 0.310. The van der Waals surface area contributed by atoms with Gasteiger partial charge >= 0.3 is 5.97 Å². The molecule has 292 valence electrons. The molecule has 3 amide bonds. The first-order valence-corrected chi connectivity index (χ1v) is 20.4. The zero-order valence-corrected chi connectivity index (χ0v) is 33.3. The molecule has 0 saturated heterocycles. The van der Waals surface area contributed by atoms with Crippen molar-refractivity contribution in [2.24, 2.45) is 0 Å². The highest BCUT2D eigenvalue weighted by molar-refractivity contribution is 7.90. The smallest absolute Gasteiger partial charge is 0.328 e. The Morgan fingerprint density at radius 2 is 1.55 bits per heavy atom. The van der Waals surface area contributed by atoms with Gasteiger partial charge in [0, 0.05) is 31.6 Å². The van der Waals surface area contributed by atoms with Crippen molar-refractivity contribution < 1.29 is 32.3 Å². The first-order chi connectivity index (χ1) is 26.9. The van der Waals surface area contributed by atoms with Crippen LogP contribution >= 0.6 is 11.6 Å². The van der Waals surface area contributed by atoms with Crippen LogP contribution in [-0.4, -0.2) is 77.9 Å². The maximum atomic E-state index is 14.8. The van der Waals surface area contributed by atoms with E-state index in [-0.39, 0.29) is 51.3 Å². The van der Waals surface area contributed by atoms with Gasteiger partial charge in [0.25, 0.3) is 27.7 Å². The molecule has 0 spiro atoms. The number of methoxy groups -OCH3 is 1. The molecule has 4 aromatic carbocycles. The molecule has 6 rings (SSSR count). The third-order valence-electron chi connectivity index (χ3n) is 10.1. The highest BCUT2D eigenvalue weighted by atomic mass is 35.5. The monoisotopic (exact) mass is 797 g/mol. The van der Waals surface area contributed by atoms with Crippen LogP contribution in [0.2, 0.25) is 5.02 Å².